The van der Waals surface area contributed by atoms with Gasteiger partial charge in [-0.25, -0.2) is 16.8 Å². The summed E-state index contributed by atoms with van der Waals surface area (Å²) in [4.78, 5) is 13.5. The van der Waals surface area contributed by atoms with Gasteiger partial charge in [-0.05, 0) is 49.4 Å². The van der Waals surface area contributed by atoms with E-state index in [9.17, 15) is 21.6 Å². The molecule has 3 aromatic carbocycles. The third-order valence-electron chi connectivity index (χ3n) is 6.06. The van der Waals surface area contributed by atoms with Crippen LogP contribution in [0.25, 0.3) is 0 Å². The van der Waals surface area contributed by atoms with Gasteiger partial charge in [-0.1, -0.05) is 25.1 Å². The lowest BCUT2D eigenvalue weighted by Crippen LogP contribution is -2.37. The first-order valence-electron chi connectivity index (χ1n) is 11.9. The summed E-state index contributed by atoms with van der Waals surface area (Å²) in [5.74, 6) is 1.30. The van der Waals surface area contributed by atoms with Crippen LogP contribution in [0.1, 0.15) is 23.3 Å². The number of nitrogens with one attached hydrogen (secondary N) is 2. The molecule has 216 valence electrons. The average Bonchev–Trinajstić information content (AvgIpc) is 2.93. The van der Waals surface area contributed by atoms with Gasteiger partial charge in [-0.15, -0.1) is 0 Å². The predicted molar refractivity (Wildman–Crippen MR) is 159 cm³/mol. The zero-order chi connectivity index (χ0) is 28.2. The van der Waals surface area contributed by atoms with Crippen molar-refractivity contribution >= 4 is 49.1 Å². The number of nitrogens with zero attached hydrogens (tertiary/aromatic N) is 1. The lowest BCUT2D eigenvalue weighted by molar-refractivity contribution is 0.102. The fraction of sp³-hybridized carbons (Fsp3) is 0.296. The summed E-state index contributed by atoms with van der Waals surface area (Å²) in [6.07, 6.45) is 0. The zero-order valence-electron chi connectivity index (χ0n) is 21.6. The number of thioether (sulfide) groups is 1. The number of amides is 1. The number of carbonyl (C=O) groups excluding carboxylic acids is 1. The molecule has 2 N–H and O–H groups in total. The molecule has 0 atom stereocenters. The van der Waals surface area contributed by atoms with Gasteiger partial charge in [0.15, 0.2) is 11.5 Å². The van der Waals surface area contributed by atoms with Gasteiger partial charge in [0.25, 0.3) is 15.9 Å². The maximum Gasteiger partial charge on any atom is 0.261 e. The summed E-state index contributed by atoms with van der Waals surface area (Å²) in [5, 5.41) is 2.70. The van der Waals surface area contributed by atoms with E-state index in [2.05, 4.69) is 10.0 Å². The Kier molecular flexibility index (Phi) is 10.1. The van der Waals surface area contributed by atoms with Gasteiger partial charge >= 0.3 is 0 Å². The van der Waals surface area contributed by atoms with Crippen molar-refractivity contribution < 1.29 is 31.1 Å². The van der Waals surface area contributed by atoms with Crippen LogP contribution in [0.3, 0.4) is 0 Å². The Labute approximate surface area is 240 Å². The van der Waals surface area contributed by atoms with Crippen molar-refractivity contribution in [1.82, 2.24) is 4.31 Å². The summed E-state index contributed by atoms with van der Waals surface area (Å²) in [6.45, 7) is 2.74. The fourth-order valence-electron chi connectivity index (χ4n) is 3.92. The first-order chi connectivity index (χ1) is 18.5. The molecule has 1 aliphatic rings. The summed E-state index contributed by atoms with van der Waals surface area (Å²) >= 11 is 1.71. The number of carbonyl (C=O) groups is 1. The van der Waals surface area contributed by atoms with Gasteiger partial charge in [0.05, 0.1) is 35.3 Å². The van der Waals surface area contributed by atoms with E-state index in [1.165, 1.54) is 67.1 Å². The molecule has 4 rings (SSSR count). The van der Waals surface area contributed by atoms with E-state index in [0.717, 1.165) is 17.1 Å². The SMILES string of the molecule is C.COc1cc(NS(=O)(=O)c2ccc(C)cc2)c(C(=O)Nc2ccc(S(=O)(=O)N3CCSCC3)cc2)cc1OC. The summed E-state index contributed by atoms with van der Waals surface area (Å²) < 4.78 is 66.6. The fourth-order valence-corrected chi connectivity index (χ4v) is 7.56. The number of hydrogen-bond donors (Lipinski definition) is 2. The van der Waals surface area contributed by atoms with Crippen molar-refractivity contribution in [3.8, 4) is 11.5 Å². The van der Waals surface area contributed by atoms with E-state index < -0.39 is 26.0 Å². The zero-order valence-corrected chi connectivity index (χ0v) is 24.1. The largest absolute Gasteiger partial charge is 0.493 e. The quantitative estimate of drug-likeness (QED) is 0.365. The highest BCUT2D eigenvalue weighted by atomic mass is 32.2. The van der Waals surface area contributed by atoms with E-state index >= 15 is 0 Å². The Morgan fingerprint density at radius 3 is 1.98 bits per heavy atom. The highest BCUT2D eigenvalue weighted by Crippen LogP contribution is 2.35. The summed E-state index contributed by atoms with van der Waals surface area (Å²) in [6, 6.07) is 14.9. The molecule has 0 unspecified atom stereocenters. The third kappa shape index (κ3) is 6.89. The van der Waals surface area contributed by atoms with Crippen LogP contribution >= 0.6 is 11.8 Å². The lowest BCUT2D eigenvalue weighted by Gasteiger charge is -2.25. The number of aryl methyl sites for hydroxylation is 1. The monoisotopic (exact) mass is 607 g/mol. The van der Waals surface area contributed by atoms with Crippen molar-refractivity contribution in [1.29, 1.82) is 0 Å². The Morgan fingerprint density at radius 1 is 0.850 bits per heavy atom. The van der Waals surface area contributed by atoms with Gasteiger partial charge < -0.3 is 14.8 Å². The van der Waals surface area contributed by atoms with Crippen LogP contribution in [0.5, 0.6) is 11.5 Å². The van der Waals surface area contributed by atoms with E-state index in [1.54, 1.807) is 23.9 Å². The minimum Gasteiger partial charge on any atom is -0.493 e. The first-order valence-corrected chi connectivity index (χ1v) is 16.0. The molecule has 0 aromatic heterocycles. The van der Waals surface area contributed by atoms with E-state index in [-0.39, 0.29) is 40.0 Å². The number of ether oxygens (including phenoxy) is 2. The molecule has 0 radical (unpaired) electrons. The van der Waals surface area contributed by atoms with Gasteiger partial charge in [0, 0.05) is 36.3 Å². The Hall–Kier alpha value is -3.26. The third-order valence-corrected chi connectivity index (χ3v) is 10.3. The number of sulfonamides is 2. The molecule has 0 spiro atoms. The molecule has 1 fully saturated rings. The van der Waals surface area contributed by atoms with Crippen LogP contribution < -0.4 is 19.5 Å². The lowest BCUT2D eigenvalue weighted by atomic mass is 10.1. The number of benzene rings is 3. The molecule has 1 heterocycles. The molecule has 1 amide bonds. The van der Waals surface area contributed by atoms with Crippen molar-refractivity contribution in [2.75, 3.05) is 48.9 Å². The molecule has 1 saturated heterocycles. The van der Waals surface area contributed by atoms with Crippen LogP contribution in [-0.2, 0) is 20.0 Å². The van der Waals surface area contributed by atoms with Crippen molar-refractivity contribution in [3.63, 3.8) is 0 Å². The molecule has 1 aliphatic heterocycles. The number of hydrogen-bond acceptors (Lipinski definition) is 8. The van der Waals surface area contributed by atoms with Crippen LogP contribution in [0, 0.1) is 6.92 Å². The Bertz CT molecular complexity index is 1550. The second-order valence-corrected chi connectivity index (χ2v) is 13.5. The Balaban J connectivity index is 0.00000441. The minimum absolute atomic E-state index is 0. The first kappa shape index (κ1) is 31.3. The molecule has 40 heavy (non-hydrogen) atoms. The minimum atomic E-state index is -4.04. The normalized spacial score (nSPS) is 14.1. The molecule has 0 saturated carbocycles. The average molecular weight is 608 g/mol. The molecule has 0 aliphatic carbocycles. The second kappa shape index (κ2) is 12.9. The van der Waals surface area contributed by atoms with Gasteiger partial charge in [0.2, 0.25) is 10.0 Å². The maximum absolute atomic E-state index is 13.3. The maximum atomic E-state index is 13.3. The molecular formula is C27H33N3O7S3. The number of rotatable bonds is 9. The van der Waals surface area contributed by atoms with Crippen LogP contribution in [0.4, 0.5) is 11.4 Å². The van der Waals surface area contributed by atoms with Crippen molar-refractivity contribution in [2.24, 2.45) is 0 Å². The number of anilines is 2. The highest BCUT2D eigenvalue weighted by molar-refractivity contribution is 7.99. The van der Waals surface area contributed by atoms with Crippen LogP contribution in [-0.4, -0.2) is 65.9 Å². The molecule has 3 aromatic rings. The van der Waals surface area contributed by atoms with Crippen LogP contribution in [0.15, 0.2) is 70.5 Å². The van der Waals surface area contributed by atoms with E-state index in [0.29, 0.717) is 18.8 Å². The molecule has 13 heteroatoms. The molecular weight excluding hydrogens is 575 g/mol. The molecule has 0 bridgehead atoms. The predicted octanol–water partition coefficient (Wildman–Crippen LogP) is 4.44. The van der Waals surface area contributed by atoms with Crippen molar-refractivity contribution in [3.05, 3.63) is 71.8 Å². The van der Waals surface area contributed by atoms with Gasteiger partial charge in [-0.3, -0.25) is 9.52 Å². The standard InChI is InChI=1S/C26H29N3O7S3.CH4/c1-18-4-8-20(9-5-18)38(31,32)28-23-17-25(36-3)24(35-2)16-22(23)26(30)27-19-6-10-21(11-7-19)39(33,34)29-12-14-37-15-13-29;/h4-11,16-17,28H,12-15H2,1-3H3,(H,27,30);1H4. The highest BCUT2D eigenvalue weighted by Gasteiger charge is 2.26. The Morgan fingerprint density at radius 2 is 1.40 bits per heavy atom. The van der Waals surface area contributed by atoms with Gasteiger partial charge in [-0.2, -0.15) is 16.1 Å². The van der Waals surface area contributed by atoms with Crippen molar-refractivity contribution in [2.45, 2.75) is 24.1 Å². The van der Waals surface area contributed by atoms with Crippen LogP contribution in [0.2, 0.25) is 0 Å². The second-order valence-electron chi connectivity index (χ2n) is 8.67. The van der Waals surface area contributed by atoms with E-state index in [4.69, 9.17) is 9.47 Å². The molecule has 10 nitrogen and oxygen atoms in total. The smallest absolute Gasteiger partial charge is 0.261 e. The summed E-state index contributed by atoms with van der Waals surface area (Å²) in [5.41, 5.74) is 1.18. The van der Waals surface area contributed by atoms with E-state index in [1.807, 2.05) is 6.92 Å². The number of methoxy groups -OCH3 is 2. The van der Waals surface area contributed by atoms with Gasteiger partial charge in [0.1, 0.15) is 0 Å². The topological polar surface area (TPSA) is 131 Å². The summed E-state index contributed by atoms with van der Waals surface area (Å²) in [7, 11) is -4.87.